The summed E-state index contributed by atoms with van der Waals surface area (Å²) in [7, 11) is 4.52. The molecule has 0 spiro atoms. The summed E-state index contributed by atoms with van der Waals surface area (Å²) < 4.78 is 5.79. The van der Waals surface area contributed by atoms with Gasteiger partial charge in [-0.05, 0) is 52.1 Å². The van der Waals surface area contributed by atoms with Crippen molar-refractivity contribution < 1.29 is 4.74 Å². The predicted octanol–water partition coefficient (Wildman–Crippen LogP) is 3.04. The molecule has 0 aromatic heterocycles. The zero-order valence-electron chi connectivity index (χ0n) is 14.0. The second kappa shape index (κ2) is 7.24. The summed E-state index contributed by atoms with van der Waals surface area (Å²) in [5.74, 6) is 0.867. The van der Waals surface area contributed by atoms with Crippen LogP contribution >= 0.6 is 0 Å². The Kier molecular flexibility index (Phi) is 5.88. The first-order valence-electron chi connectivity index (χ1n) is 8.58. The molecule has 1 N–H and O–H groups in total. The van der Waals surface area contributed by atoms with Crippen LogP contribution in [0.3, 0.4) is 0 Å². The van der Waals surface area contributed by atoms with Gasteiger partial charge in [-0.15, -0.1) is 0 Å². The lowest BCUT2D eigenvalue weighted by atomic mass is 9.75. The summed E-state index contributed by atoms with van der Waals surface area (Å²) in [6, 6.07) is 0.655. The Balaban J connectivity index is 1.89. The Morgan fingerprint density at radius 1 is 1.30 bits per heavy atom. The highest BCUT2D eigenvalue weighted by Crippen LogP contribution is 2.35. The van der Waals surface area contributed by atoms with E-state index in [4.69, 9.17) is 4.74 Å². The van der Waals surface area contributed by atoms with Gasteiger partial charge in [-0.2, -0.15) is 0 Å². The van der Waals surface area contributed by atoms with Gasteiger partial charge in [0.2, 0.25) is 0 Å². The predicted molar refractivity (Wildman–Crippen MR) is 85.1 cm³/mol. The molecule has 118 valence electrons. The Hall–Kier alpha value is -0.120. The van der Waals surface area contributed by atoms with Crippen molar-refractivity contribution in [3.63, 3.8) is 0 Å². The minimum atomic E-state index is 0.373. The van der Waals surface area contributed by atoms with Gasteiger partial charge in [-0.25, -0.2) is 0 Å². The first kappa shape index (κ1) is 16.3. The first-order chi connectivity index (χ1) is 9.55. The molecule has 0 bridgehead atoms. The maximum atomic E-state index is 5.79. The number of ether oxygens (including phenoxy) is 1. The summed E-state index contributed by atoms with van der Waals surface area (Å²) in [6.07, 6.45) is 9.46. The molecule has 0 aromatic carbocycles. The van der Waals surface area contributed by atoms with E-state index < -0.39 is 0 Å². The van der Waals surface area contributed by atoms with E-state index in [-0.39, 0.29) is 0 Å². The largest absolute Gasteiger partial charge is 0.378 e. The van der Waals surface area contributed by atoms with Crippen LogP contribution in [0.5, 0.6) is 0 Å². The van der Waals surface area contributed by atoms with Crippen molar-refractivity contribution in [2.75, 3.05) is 27.2 Å². The zero-order valence-corrected chi connectivity index (χ0v) is 14.0. The number of hydrogen-bond acceptors (Lipinski definition) is 3. The molecule has 20 heavy (non-hydrogen) atoms. The first-order valence-corrected chi connectivity index (χ1v) is 8.58. The van der Waals surface area contributed by atoms with Gasteiger partial charge in [0.25, 0.3) is 0 Å². The van der Waals surface area contributed by atoms with Crippen LogP contribution in [0.4, 0.5) is 0 Å². The molecule has 0 aromatic rings. The van der Waals surface area contributed by atoms with Gasteiger partial charge in [-0.3, -0.25) is 0 Å². The number of nitrogens with zero attached hydrogens (tertiary/aromatic N) is 1. The van der Waals surface area contributed by atoms with Crippen LogP contribution < -0.4 is 5.32 Å². The summed E-state index contributed by atoms with van der Waals surface area (Å²) >= 11 is 0. The maximum Gasteiger partial charge on any atom is 0.0587 e. The summed E-state index contributed by atoms with van der Waals surface area (Å²) in [6.45, 7) is 6.73. The van der Waals surface area contributed by atoms with E-state index in [2.05, 4.69) is 38.2 Å². The average molecular weight is 282 g/mol. The van der Waals surface area contributed by atoms with Crippen molar-refractivity contribution in [3.05, 3.63) is 0 Å². The molecule has 1 aliphatic carbocycles. The van der Waals surface area contributed by atoms with Crippen LogP contribution in [-0.2, 0) is 4.74 Å². The fourth-order valence-electron chi connectivity index (χ4n) is 4.04. The Bertz CT molecular complexity index is 295. The van der Waals surface area contributed by atoms with E-state index in [0.29, 0.717) is 17.7 Å². The van der Waals surface area contributed by atoms with Gasteiger partial charge in [-0.1, -0.05) is 26.7 Å². The lowest BCUT2D eigenvalue weighted by molar-refractivity contribution is -0.00539. The molecule has 0 radical (unpaired) electrons. The minimum absolute atomic E-state index is 0.373. The van der Waals surface area contributed by atoms with Gasteiger partial charge in [0.1, 0.15) is 0 Å². The van der Waals surface area contributed by atoms with Gasteiger partial charge in [0.05, 0.1) is 6.10 Å². The van der Waals surface area contributed by atoms with E-state index in [1.54, 1.807) is 0 Å². The van der Waals surface area contributed by atoms with E-state index >= 15 is 0 Å². The fraction of sp³-hybridized carbons (Fsp3) is 1.00. The highest BCUT2D eigenvalue weighted by molar-refractivity contribution is 4.95. The molecular formula is C17H34N2O. The smallest absolute Gasteiger partial charge is 0.0587 e. The van der Waals surface area contributed by atoms with Crippen molar-refractivity contribution >= 4 is 0 Å². The summed E-state index contributed by atoms with van der Waals surface area (Å²) in [5.41, 5.74) is 0.373. The second-order valence-corrected chi connectivity index (χ2v) is 7.32. The normalized spacial score (nSPS) is 39.1. The average Bonchev–Trinajstić information content (AvgIpc) is 2.45. The summed E-state index contributed by atoms with van der Waals surface area (Å²) in [5, 5.41) is 3.88. The summed E-state index contributed by atoms with van der Waals surface area (Å²) in [4.78, 5) is 2.48. The SMILES string of the molecule is CCC1CC(NCC2(N(C)C)CCCC(C)C2)CCO1. The number of rotatable bonds is 5. The molecule has 1 heterocycles. The molecule has 0 amide bonds. The Labute approximate surface area is 125 Å². The molecule has 3 heteroatoms. The van der Waals surface area contributed by atoms with Crippen LogP contribution in [0, 0.1) is 5.92 Å². The van der Waals surface area contributed by atoms with Crippen molar-refractivity contribution in [2.45, 2.75) is 76.5 Å². The van der Waals surface area contributed by atoms with Gasteiger partial charge in [0.15, 0.2) is 0 Å². The van der Waals surface area contributed by atoms with Crippen LogP contribution in [0.1, 0.15) is 58.8 Å². The molecule has 2 aliphatic rings. The molecule has 1 saturated carbocycles. The monoisotopic (exact) mass is 282 g/mol. The number of likely N-dealkylation sites (N-methyl/N-ethyl adjacent to an activating group) is 1. The van der Waals surface area contributed by atoms with Gasteiger partial charge < -0.3 is 15.0 Å². The number of hydrogen-bond donors (Lipinski definition) is 1. The molecule has 1 saturated heterocycles. The fourth-order valence-corrected chi connectivity index (χ4v) is 4.04. The van der Waals surface area contributed by atoms with Crippen LogP contribution in [-0.4, -0.2) is 49.8 Å². The Morgan fingerprint density at radius 2 is 2.10 bits per heavy atom. The molecule has 3 nitrogen and oxygen atoms in total. The maximum absolute atomic E-state index is 5.79. The van der Waals surface area contributed by atoms with Crippen molar-refractivity contribution in [1.82, 2.24) is 10.2 Å². The lowest BCUT2D eigenvalue weighted by Crippen LogP contribution is -2.56. The number of nitrogens with one attached hydrogen (secondary N) is 1. The van der Waals surface area contributed by atoms with Crippen LogP contribution in [0.15, 0.2) is 0 Å². The molecule has 1 aliphatic heterocycles. The van der Waals surface area contributed by atoms with Crippen molar-refractivity contribution in [1.29, 1.82) is 0 Å². The molecule has 2 fully saturated rings. The highest BCUT2D eigenvalue weighted by Gasteiger charge is 2.37. The standard InChI is InChI=1S/C17H34N2O/c1-5-16-11-15(8-10-20-16)18-13-17(19(3)4)9-6-7-14(2)12-17/h14-16,18H,5-13H2,1-4H3. The lowest BCUT2D eigenvalue weighted by Gasteiger charge is -2.46. The highest BCUT2D eigenvalue weighted by atomic mass is 16.5. The quantitative estimate of drug-likeness (QED) is 0.839. The third kappa shape index (κ3) is 3.96. The van der Waals surface area contributed by atoms with Gasteiger partial charge in [0, 0.05) is 24.7 Å². The van der Waals surface area contributed by atoms with E-state index in [1.807, 2.05) is 0 Å². The van der Waals surface area contributed by atoms with E-state index in [1.165, 1.54) is 38.5 Å². The van der Waals surface area contributed by atoms with Crippen molar-refractivity contribution in [2.24, 2.45) is 5.92 Å². The third-order valence-corrected chi connectivity index (χ3v) is 5.56. The molecule has 4 atom stereocenters. The molecular weight excluding hydrogens is 248 g/mol. The van der Waals surface area contributed by atoms with Gasteiger partial charge >= 0.3 is 0 Å². The van der Waals surface area contributed by atoms with Crippen LogP contribution in [0.2, 0.25) is 0 Å². The zero-order chi connectivity index (χ0) is 14.6. The van der Waals surface area contributed by atoms with Crippen LogP contribution in [0.25, 0.3) is 0 Å². The van der Waals surface area contributed by atoms with Crippen molar-refractivity contribution in [3.8, 4) is 0 Å². The Morgan fingerprint density at radius 3 is 2.75 bits per heavy atom. The molecule has 2 rings (SSSR count). The van der Waals surface area contributed by atoms with E-state index in [9.17, 15) is 0 Å². The topological polar surface area (TPSA) is 24.5 Å². The molecule has 4 unspecified atom stereocenters. The van der Waals surface area contributed by atoms with E-state index in [0.717, 1.165) is 25.5 Å². The third-order valence-electron chi connectivity index (χ3n) is 5.56. The minimum Gasteiger partial charge on any atom is -0.378 e. The second-order valence-electron chi connectivity index (χ2n) is 7.32.